The van der Waals surface area contributed by atoms with Crippen LogP contribution in [0.2, 0.25) is 0 Å². The average molecular weight is 268 g/mol. The minimum Gasteiger partial charge on any atom is -0.258 e. The van der Waals surface area contributed by atoms with Crippen LogP contribution in [0.25, 0.3) is 11.3 Å². The molecule has 0 unspecified atom stereocenters. The number of rotatable bonds is 1. The Labute approximate surface area is 117 Å². The zero-order chi connectivity index (χ0) is 14.5. The largest absolute Gasteiger partial charge is 0.269 e. The molecule has 0 N–H and O–H groups in total. The molecular formula is C16H16N2O2. The molecule has 1 aliphatic carbocycles. The van der Waals surface area contributed by atoms with Crippen LogP contribution in [0, 0.1) is 10.1 Å². The van der Waals surface area contributed by atoms with Crippen LogP contribution in [0.4, 0.5) is 5.69 Å². The third kappa shape index (κ3) is 1.97. The van der Waals surface area contributed by atoms with E-state index in [9.17, 15) is 10.1 Å². The molecule has 0 aliphatic heterocycles. The fraction of sp³-hybridized carbons (Fsp3) is 0.312. The lowest BCUT2D eigenvalue weighted by molar-refractivity contribution is -0.384. The summed E-state index contributed by atoms with van der Waals surface area (Å²) < 4.78 is 0. The van der Waals surface area contributed by atoms with Crippen LogP contribution in [-0.4, -0.2) is 9.91 Å². The number of hydrogen-bond donors (Lipinski definition) is 0. The zero-order valence-electron chi connectivity index (χ0n) is 11.8. The van der Waals surface area contributed by atoms with E-state index in [4.69, 9.17) is 4.98 Å². The summed E-state index contributed by atoms with van der Waals surface area (Å²) in [4.78, 5) is 15.3. The molecule has 1 aromatic heterocycles. The summed E-state index contributed by atoms with van der Waals surface area (Å²) >= 11 is 0. The number of fused-ring (bicyclic) bond motifs is 3. The van der Waals surface area contributed by atoms with E-state index in [0.29, 0.717) is 0 Å². The van der Waals surface area contributed by atoms with Gasteiger partial charge in [-0.05, 0) is 23.3 Å². The molecule has 1 aromatic carbocycles. The molecular weight excluding hydrogens is 252 g/mol. The van der Waals surface area contributed by atoms with Crippen molar-refractivity contribution in [1.29, 1.82) is 0 Å². The number of benzene rings is 1. The van der Waals surface area contributed by atoms with Crippen molar-refractivity contribution < 1.29 is 4.92 Å². The van der Waals surface area contributed by atoms with Crippen molar-refractivity contribution in [2.24, 2.45) is 0 Å². The van der Waals surface area contributed by atoms with Gasteiger partial charge in [-0.25, -0.2) is 0 Å². The molecule has 3 rings (SSSR count). The van der Waals surface area contributed by atoms with Gasteiger partial charge in [-0.15, -0.1) is 0 Å². The first-order chi connectivity index (χ1) is 9.36. The third-order valence-electron chi connectivity index (χ3n) is 3.68. The van der Waals surface area contributed by atoms with Crippen molar-refractivity contribution in [1.82, 2.24) is 4.98 Å². The minimum absolute atomic E-state index is 0.00143. The molecule has 1 heterocycles. The normalized spacial score (nSPS) is 12.9. The van der Waals surface area contributed by atoms with E-state index in [2.05, 4.69) is 32.9 Å². The Balaban J connectivity index is 2.12. The van der Waals surface area contributed by atoms with E-state index in [0.717, 1.165) is 34.5 Å². The fourth-order valence-corrected chi connectivity index (χ4v) is 2.56. The second-order valence-corrected chi connectivity index (χ2v) is 6.23. The van der Waals surface area contributed by atoms with Gasteiger partial charge in [0.05, 0.1) is 10.6 Å². The van der Waals surface area contributed by atoms with Gasteiger partial charge in [-0.2, -0.15) is 0 Å². The standard InChI is InChI=1S/C16H16N2O2/c1-16(2,3)14-7-4-10-8-11-9-12(18(19)20)5-6-13(11)15(10)17-14/h4-7,9H,8H2,1-3H3. The molecule has 0 bridgehead atoms. The Kier molecular flexibility index (Phi) is 2.64. The number of nitrogens with zero attached hydrogens (tertiary/aromatic N) is 2. The number of hydrogen-bond acceptors (Lipinski definition) is 3. The molecule has 2 aromatic rings. The van der Waals surface area contributed by atoms with E-state index < -0.39 is 0 Å². The SMILES string of the molecule is CC(C)(C)c1ccc2c(n1)-c1ccc([N+](=O)[O-])cc1C2. The monoisotopic (exact) mass is 268 g/mol. The van der Waals surface area contributed by atoms with Gasteiger partial charge in [-0.1, -0.05) is 26.8 Å². The smallest absolute Gasteiger partial charge is 0.258 e. The summed E-state index contributed by atoms with van der Waals surface area (Å²) in [7, 11) is 0. The summed E-state index contributed by atoms with van der Waals surface area (Å²) in [6.45, 7) is 6.40. The zero-order valence-corrected chi connectivity index (χ0v) is 11.8. The molecule has 0 spiro atoms. The van der Waals surface area contributed by atoms with Gasteiger partial charge in [0.25, 0.3) is 5.69 Å². The minimum atomic E-state index is -0.350. The van der Waals surface area contributed by atoms with Gasteiger partial charge in [0.15, 0.2) is 0 Å². The highest BCUT2D eigenvalue weighted by atomic mass is 16.6. The summed E-state index contributed by atoms with van der Waals surface area (Å²) in [5, 5.41) is 10.8. The van der Waals surface area contributed by atoms with Crippen LogP contribution < -0.4 is 0 Å². The fourth-order valence-electron chi connectivity index (χ4n) is 2.56. The van der Waals surface area contributed by atoms with E-state index in [1.54, 1.807) is 12.1 Å². The first kappa shape index (κ1) is 12.8. The number of nitro benzene ring substituents is 1. The van der Waals surface area contributed by atoms with Crippen molar-refractivity contribution in [3.05, 3.63) is 57.3 Å². The maximum absolute atomic E-state index is 10.8. The second kappa shape index (κ2) is 4.13. The van der Waals surface area contributed by atoms with E-state index in [1.165, 1.54) is 0 Å². The van der Waals surface area contributed by atoms with Crippen LogP contribution in [0.15, 0.2) is 30.3 Å². The first-order valence-corrected chi connectivity index (χ1v) is 6.64. The third-order valence-corrected chi connectivity index (χ3v) is 3.68. The van der Waals surface area contributed by atoms with E-state index in [1.807, 2.05) is 6.07 Å². The lowest BCUT2D eigenvalue weighted by atomic mass is 9.91. The topological polar surface area (TPSA) is 56.0 Å². The second-order valence-electron chi connectivity index (χ2n) is 6.23. The Morgan fingerprint density at radius 1 is 1.15 bits per heavy atom. The number of pyridine rings is 1. The summed E-state index contributed by atoms with van der Waals surface area (Å²) in [6, 6.07) is 9.18. The Morgan fingerprint density at radius 3 is 2.55 bits per heavy atom. The maximum atomic E-state index is 10.8. The molecule has 0 amide bonds. The quantitative estimate of drug-likeness (QED) is 0.497. The molecule has 0 atom stereocenters. The van der Waals surface area contributed by atoms with Crippen molar-refractivity contribution in [2.45, 2.75) is 32.6 Å². The van der Waals surface area contributed by atoms with Crippen LogP contribution in [0.3, 0.4) is 0 Å². The van der Waals surface area contributed by atoms with Gasteiger partial charge in [0.1, 0.15) is 0 Å². The van der Waals surface area contributed by atoms with Gasteiger partial charge < -0.3 is 0 Å². The molecule has 20 heavy (non-hydrogen) atoms. The number of nitro groups is 1. The Morgan fingerprint density at radius 2 is 1.90 bits per heavy atom. The highest BCUT2D eigenvalue weighted by Crippen LogP contribution is 2.38. The first-order valence-electron chi connectivity index (χ1n) is 6.64. The molecule has 4 heteroatoms. The van der Waals surface area contributed by atoms with Crippen molar-refractivity contribution in [2.75, 3.05) is 0 Å². The Hall–Kier alpha value is -2.23. The summed E-state index contributed by atoms with van der Waals surface area (Å²) in [6.07, 6.45) is 0.726. The highest BCUT2D eigenvalue weighted by molar-refractivity contribution is 5.75. The molecule has 0 saturated carbocycles. The number of non-ortho nitro benzene ring substituents is 1. The average Bonchev–Trinajstić information content (AvgIpc) is 2.74. The van der Waals surface area contributed by atoms with Gasteiger partial charge in [0.2, 0.25) is 0 Å². The molecule has 0 radical (unpaired) electrons. The predicted octanol–water partition coefficient (Wildman–Crippen LogP) is 3.86. The van der Waals surface area contributed by atoms with Gasteiger partial charge in [0, 0.05) is 35.2 Å². The molecule has 102 valence electrons. The number of aromatic nitrogens is 1. The summed E-state index contributed by atoms with van der Waals surface area (Å²) in [5.41, 5.74) is 5.33. The lowest BCUT2D eigenvalue weighted by Gasteiger charge is -2.18. The van der Waals surface area contributed by atoms with E-state index in [-0.39, 0.29) is 16.0 Å². The van der Waals surface area contributed by atoms with Crippen LogP contribution in [0.1, 0.15) is 37.6 Å². The maximum Gasteiger partial charge on any atom is 0.269 e. The van der Waals surface area contributed by atoms with Crippen LogP contribution in [0.5, 0.6) is 0 Å². The predicted molar refractivity (Wildman–Crippen MR) is 77.8 cm³/mol. The summed E-state index contributed by atoms with van der Waals surface area (Å²) in [5.74, 6) is 0. The van der Waals surface area contributed by atoms with E-state index >= 15 is 0 Å². The lowest BCUT2D eigenvalue weighted by Crippen LogP contribution is -2.13. The van der Waals surface area contributed by atoms with Crippen molar-refractivity contribution in [3.8, 4) is 11.3 Å². The van der Waals surface area contributed by atoms with Crippen LogP contribution in [-0.2, 0) is 11.8 Å². The molecule has 0 fully saturated rings. The van der Waals surface area contributed by atoms with Gasteiger partial charge >= 0.3 is 0 Å². The van der Waals surface area contributed by atoms with Crippen molar-refractivity contribution >= 4 is 5.69 Å². The van der Waals surface area contributed by atoms with Gasteiger partial charge in [-0.3, -0.25) is 15.1 Å². The van der Waals surface area contributed by atoms with Crippen molar-refractivity contribution in [3.63, 3.8) is 0 Å². The molecule has 4 nitrogen and oxygen atoms in total. The van der Waals surface area contributed by atoms with Crippen LogP contribution >= 0.6 is 0 Å². The highest BCUT2D eigenvalue weighted by Gasteiger charge is 2.25. The Bertz CT molecular complexity index is 715. The molecule has 1 aliphatic rings. The molecule has 0 saturated heterocycles.